The summed E-state index contributed by atoms with van der Waals surface area (Å²) in [6, 6.07) is 9.15. The zero-order valence-electron chi connectivity index (χ0n) is 9.37. The van der Waals surface area contributed by atoms with Crippen LogP contribution in [0, 0.1) is 11.3 Å². The second kappa shape index (κ2) is 6.23. The quantitative estimate of drug-likeness (QED) is 0.666. The lowest BCUT2D eigenvalue weighted by Crippen LogP contribution is -2.00. The Morgan fingerprint density at radius 3 is 3.06 bits per heavy atom. The van der Waals surface area contributed by atoms with E-state index in [1.54, 1.807) is 30.0 Å². The Morgan fingerprint density at radius 2 is 2.33 bits per heavy atom. The number of hydrogen-bond donors (Lipinski definition) is 1. The number of nitrogens with zero attached hydrogens (tertiary/aromatic N) is 3. The molecule has 5 nitrogen and oxygen atoms in total. The molecular weight excluding hydrogens is 268 g/mol. The highest BCUT2D eigenvalue weighted by molar-refractivity contribution is 8.01. The highest BCUT2D eigenvalue weighted by Gasteiger charge is 2.02. The van der Waals surface area contributed by atoms with Crippen LogP contribution in [-0.2, 0) is 0 Å². The Bertz CT molecular complexity index is 564. The van der Waals surface area contributed by atoms with E-state index in [4.69, 9.17) is 15.7 Å². The highest BCUT2D eigenvalue weighted by atomic mass is 32.2. The number of nitrogens with two attached hydrogens (primary N) is 1. The molecule has 0 unspecified atom stereocenters. The predicted molar refractivity (Wildman–Crippen MR) is 71.7 cm³/mol. The monoisotopic (exact) mass is 278 g/mol. The highest BCUT2D eigenvalue weighted by Crippen LogP contribution is 2.23. The molecule has 0 aliphatic carbocycles. The molecule has 0 amide bonds. The number of hydrogen-bond acceptors (Lipinski definition) is 7. The Labute approximate surface area is 113 Å². The third-order valence-corrected chi connectivity index (χ3v) is 3.81. The van der Waals surface area contributed by atoms with Gasteiger partial charge in [-0.2, -0.15) is 5.26 Å². The molecule has 0 radical (unpaired) electrons. The number of nitriles is 1. The normalized spacial score (nSPS) is 9.94. The first-order chi connectivity index (χ1) is 8.78. The van der Waals surface area contributed by atoms with Gasteiger partial charge in [-0.1, -0.05) is 29.2 Å². The second-order valence-corrected chi connectivity index (χ2v) is 5.59. The molecule has 92 valence electrons. The van der Waals surface area contributed by atoms with Crippen LogP contribution >= 0.6 is 23.1 Å². The lowest BCUT2D eigenvalue weighted by Gasteiger charge is -2.04. The summed E-state index contributed by atoms with van der Waals surface area (Å²) < 4.78 is 6.37. The van der Waals surface area contributed by atoms with E-state index < -0.39 is 0 Å². The van der Waals surface area contributed by atoms with Crippen LogP contribution in [0.4, 0.5) is 5.13 Å². The number of ether oxygens (including phenoxy) is 1. The average molecular weight is 278 g/mol. The Kier molecular flexibility index (Phi) is 4.39. The Hall–Kier alpha value is -1.78. The molecule has 0 atom stereocenters. The van der Waals surface area contributed by atoms with Gasteiger partial charge in [-0.3, -0.25) is 0 Å². The number of rotatable bonds is 5. The molecule has 0 spiro atoms. The van der Waals surface area contributed by atoms with Crippen molar-refractivity contribution < 1.29 is 4.74 Å². The minimum atomic E-state index is 0.472. The van der Waals surface area contributed by atoms with Gasteiger partial charge < -0.3 is 10.5 Å². The van der Waals surface area contributed by atoms with Gasteiger partial charge in [0, 0.05) is 5.75 Å². The summed E-state index contributed by atoms with van der Waals surface area (Å²) in [7, 11) is 0. The molecule has 2 rings (SSSR count). The molecule has 1 aromatic heterocycles. The molecule has 0 aliphatic rings. The van der Waals surface area contributed by atoms with E-state index in [0.717, 1.165) is 10.1 Å². The van der Waals surface area contributed by atoms with Gasteiger partial charge in [-0.05, 0) is 18.2 Å². The zero-order valence-corrected chi connectivity index (χ0v) is 11.0. The minimum Gasteiger partial charge on any atom is -0.493 e. The van der Waals surface area contributed by atoms with Gasteiger partial charge in [0.25, 0.3) is 0 Å². The van der Waals surface area contributed by atoms with Gasteiger partial charge in [-0.15, -0.1) is 10.2 Å². The molecule has 0 bridgehead atoms. The SMILES string of the molecule is N#Cc1cccc(OCCSc2nnc(N)s2)c1. The molecule has 18 heavy (non-hydrogen) atoms. The molecule has 1 aromatic carbocycles. The zero-order chi connectivity index (χ0) is 12.8. The van der Waals surface area contributed by atoms with Crippen LogP contribution in [0.15, 0.2) is 28.6 Å². The lowest BCUT2D eigenvalue weighted by atomic mass is 10.2. The maximum Gasteiger partial charge on any atom is 0.203 e. The molecule has 0 aliphatic heterocycles. The van der Waals surface area contributed by atoms with Gasteiger partial charge >= 0.3 is 0 Å². The molecule has 2 aromatic rings. The summed E-state index contributed by atoms with van der Waals surface area (Å²) in [6.45, 7) is 0.541. The second-order valence-electron chi connectivity index (χ2n) is 3.24. The summed E-state index contributed by atoms with van der Waals surface area (Å²) in [6.07, 6.45) is 0. The van der Waals surface area contributed by atoms with Crippen LogP contribution in [0.25, 0.3) is 0 Å². The van der Waals surface area contributed by atoms with Crippen LogP contribution in [0.3, 0.4) is 0 Å². The summed E-state index contributed by atoms with van der Waals surface area (Å²) in [4.78, 5) is 0. The van der Waals surface area contributed by atoms with E-state index in [1.807, 2.05) is 6.07 Å². The summed E-state index contributed by atoms with van der Waals surface area (Å²) in [5.41, 5.74) is 6.07. The van der Waals surface area contributed by atoms with Crippen molar-refractivity contribution in [2.24, 2.45) is 0 Å². The van der Waals surface area contributed by atoms with E-state index >= 15 is 0 Å². The van der Waals surface area contributed by atoms with Crippen LogP contribution in [0.5, 0.6) is 5.75 Å². The van der Waals surface area contributed by atoms with Crippen molar-refractivity contribution in [1.82, 2.24) is 10.2 Å². The number of benzene rings is 1. The van der Waals surface area contributed by atoms with Crippen molar-refractivity contribution >= 4 is 28.2 Å². The van der Waals surface area contributed by atoms with E-state index in [9.17, 15) is 0 Å². The fourth-order valence-corrected chi connectivity index (χ4v) is 2.75. The van der Waals surface area contributed by atoms with Crippen LogP contribution in [0.1, 0.15) is 5.56 Å². The molecular formula is C11H10N4OS2. The van der Waals surface area contributed by atoms with Crippen molar-refractivity contribution in [1.29, 1.82) is 5.26 Å². The molecule has 0 saturated carbocycles. The van der Waals surface area contributed by atoms with Crippen molar-refractivity contribution in [2.75, 3.05) is 18.1 Å². The Balaban J connectivity index is 1.77. The first-order valence-electron chi connectivity index (χ1n) is 5.12. The van der Waals surface area contributed by atoms with Crippen molar-refractivity contribution in [3.63, 3.8) is 0 Å². The Morgan fingerprint density at radius 1 is 1.44 bits per heavy atom. The lowest BCUT2D eigenvalue weighted by molar-refractivity contribution is 0.344. The largest absolute Gasteiger partial charge is 0.493 e. The number of nitrogen functional groups attached to an aromatic ring is 1. The number of anilines is 1. The fourth-order valence-electron chi connectivity index (χ4n) is 1.22. The average Bonchev–Trinajstić information content (AvgIpc) is 2.81. The standard InChI is InChI=1S/C11H10N4OS2/c12-7-8-2-1-3-9(6-8)16-4-5-17-11-15-14-10(13)18-11/h1-3,6H,4-5H2,(H2,13,14). The minimum absolute atomic E-state index is 0.472. The molecule has 1 heterocycles. The smallest absolute Gasteiger partial charge is 0.203 e. The topological polar surface area (TPSA) is 84.8 Å². The first kappa shape index (κ1) is 12.7. The van der Waals surface area contributed by atoms with Gasteiger partial charge in [0.1, 0.15) is 5.75 Å². The fraction of sp³-hybridized carbons (Fsp3) is 0.182. The first-order valence-corrected chi connectivity index (χ1v) is 6.93. The van der Waals surface area contributed by atoms with Crippen LogP contribution < -0.4 is 10.5 Å². The molecule has 0 saturated heterocycles. The van der Waals surface area contributed by atoms with E-state index in [0.29, 0.717) is 23.1 Å². The van der Waals surface area contributed by atoms with Gasteiger partial charge in [0.2, 0.25) is 5.13 Å². The maximum absolute atomic E-state index is 8.75. The van der Waals surface area contributed by atoms with Gasteiger partial charge in [0.15, 0.2) is 4.34 Å². The summed E-state index contributed by atoms with van der Waals surface area (Å²) in [5.74, 6) is 1.46. The third-order valence-electron chi connectivity index (χ3n) is 1.96. The number of thioether (sulfide) groups is 1. The maximum atomic E-state index is 8.75. The number of aromatic nitrogens is 2. The van der Waals surface area contributed by atoms with Gasteiger partial charge in [0.05, 0.1) is 18.2 Å². The molecule has 2 N–H and O–H groups in total. The van der Waals surface area contributed by atoms with E-state index in [1.165, 1.54) is 11.3 Å². The van der Waals surface area contributed by atoms with Crippen molar-refractivity contribution in [3.05, 3.63) is 29.8 Å². The predicted octanol–water partition coefficient (Wildman–Crippen LogP) is 2.16. The third kappa shape index (κ3) is 3.61. The summed E-state index contributed by atoms with van der Waals surface area (Å²) in [5, 5.41) is 16.8. The molecule has 0 fully saturated rings. The van der Waals surface area contributed by atoms with E-state index in [-0.39, 0.29) is 0 Å². The van der Waals surface area contributed by atoms with Gasteiger partial charge in [-0.25, -0.2) is 0 Å². The van der Waals surface area contributed by atoms with Crippen LogP contribution in [0.2, 0.25) is 0 Å². The molecule has 7 heteroatoms. The van der Waals surface area contributed by atoms with Crippen molar-refractivity contribution in [3.8, 4) is 11.8 Å². The van der Waals surface area contributed by atoms with E-state index in [2.05, 4.69) is 16.3 Å². The summed E-state index contributed by atoms with van der Waals surface area (Å²) >= 11 is 2.91. The van der Waals surface area contributed by atoms with Crippen molar-refractivity contribution in [2.45, 2.75) is 4.34 Å². The van der Waals surface area contributed by atoms with Crippen LogP contribution in [-0.4, -0.2) is 22.6 Å².